The molecule has 2 N–H and O–H groups in total. The van der Waals surface area contributed by atoms with Crippen molar-refractivity contribution in [2.24, 2.45) is 0 Å². The van der Waals surface area contributed by atoms with Crippen molar-refractivity contribution >= 4 is 27.3 Å². The Morgan fingerprint density at radius 3 is 2.17 bits per heavy atom. The van der Waals surface area contributed by atoms with Gasteiger partial charge in [0, 0.05) is 17.3 Å². The van der Waals surface area contributed by atoms with Gasteiger partial charge in [0.1, 0.15) is 11.6 Å². The summed E-state index contributed by atoms with van der Waals surface area (Å²) in [6, 6.07) is 12.2. The summed E-state index contributed by atoms with van der Waals surface area (Å²) < 4.78 is 55.2. The lowest BCUT2D eigenvalue weighted by Crippen LogP contribution is -2.17. The lowest BCUT2D eigenvalue weighted by atomic mass is 10.1. The van der Waals surface area contributed by atoms with Gasteiger partial charge in [-0.3, -0.25) is 9.52 Å². The molecule has 3 rings (SSSR count). The predicted molar refractivity (Wildman–Crippen MR) is 112 cm³/mol. The van der Waals surface area contributed by atoms with Gasteiger partial charge in [0.25, 0.3) is 15.9 Å². The second-order valence-corrected chi connectivity index (χ2v) is 8.69. The minimum absolute atomic E-state index is 0.0186. The first kappa shape index (κ1) is 21.4. The van der Waals surface area contributed by atoms with Crippen LogP contribution in [0.5, 0.6) is 0 Å². The van der Waals surface area contributed by atoms with Gasteiger partial charge < -0.3 is 5.32 Å². The van der Waals surface area contributed by atoms with E-state index in [1.54, 1.807) is 19.1 Å². The maximum Gasteiger partial charge on any atom is 0.262 e. The molecule has 156 valence electrons. The van der Waals surface area contributed by atoms with Crippen molar-refractivity contribution in [3.05, 3.63) is 88.5 Å². The summed E-state index contributed by atoms with van der Waals surface area (Å²) in [7, 11) is -3.97. The van der Waals surface area contributed by atoms with Crippen LogP contribution in [0.25, 0.3) is 0 Å². The van der Waals surface area contributed by atoms with Crippen LogP contribution < -0.4 is 10.0 Å². The van der Waals surface area contributed by atoms with E-state index in [0.717, 1.165) is 23.3 Å². The standard InChI is InChI=1S/C22H20F2N2O3S/c1-13-8-14(2)10-18(9-13)26-30(28,29)21-11-16(5-4-15(21)3)22(27)25-20-7-6-17(23)12-19(20)24/h4-12,26H,1-3H3,(H,25,27). The van der Waals surface area contributed by atoms with Crippen LogP contribution in [0.1, 0.15) is 27.0 Å². The highest BCUT2D eigenvalue weighted by molar-refractivity contribution is 7.92. The molecule has 0 aliphatic heterocycles. The Balaban J connectivity index is 1.91. The van der Waals surface area contributed by atoms with Gasteiger partial charge >= 0.3 is 0 Å². The van der Waals surface area contributed by atoms with Gasteiger partial charge in [-0.25, -0.2) is 17.2 Å². The Kier molecular flexibility index (Phi) is 5.89. The van der Waals surface area contributed by atoms with Gasteiger partial charge in [-0.2, -0.15) is 0 Å². The van der Waals surface area contributed by atoms with Crippen molar-refractivity contribution in [3.8, 4) is 0 Å². The Hall–Kier alpha value is -3.26. The number of anilines is 2. The molecule has 0 spiro atoms. The summed E-state index contributed by atoms with van der Waals surface area (Å²) >= 11 is 0. The van der Waals surface area contributed by atoms with Crippen molar-refractivity contribution in [3.63, 3.8) is 0 Å². The highest BCUT2D eigenvalue weighted by atomic mass is 32.2. The maximum atomic E-state index is 13.8. The van der Waals surface area contributed by atoms with E-state index in [1.165, 1.54) is 18.2 Å². The number of sulfonamides is 1. The Morgan fingerprint density at radius 2 is 1.53 bits per heavy atom. The Morgan fingerprint density at radius 1 is 0.867 bits per heavy atom. The van der Waals surface area contributed by atoms with Gasteiger partial charge in [-0.05, 0) is 73.9 Å². The zero-order valence-corrected chi connectivity index (χ0v) is 17.4. The van der Waals surface area contributed by atoms with E-state index in [1.807, 2.05) is 19.9 Å². The van der Waals surface area contributed by atoms with Crippen LogP contribution in [0.15, 0.2) is 59.5 Å². The average molecular weight is 430 g/mol. The smallest absolute Gasteiger partial charge is 0.262 e. The van der Waals surface area contributed by atoms with Crippen LogP contribution >= 0.6 is 0 Å². The number of hydrogen-bond acceptors (Lipinski definition) is 3. The van der Waals surface area contributed by atoms with Crippen molar-refractivity contribution in [2.45, 2.75) is 25.7 Å². The first-order chi connectivity index (χ1) is 14.0. The normalized spacial score (nSPS) is 11.2. The zero-order chi connectivity index (χ0) is 22.1. The first-order valence-electron chi connectivity index (χ1n) is 9.03. The van der Waals surface area contributed by atoms with Crippen LogP contribution in [-0.2, 0) is 10.0 Å². The van der Waals surface area contributed by atoms with Crippen LogP contribution in [-0.4, -0.2) is 14.3 Å². The lowest BCUT2D eigenvalue weighted by molar-refractivity contribution is 0.102. The van der Waals surface area contributed by atoms with Crippen molar-refractivity contribution in [2.75, 3.05) is 10.0 Å². The van der Waals surface area contributed by atoms with E-state index >= 15 is 0 Å². The molecule has 0 fully saturated rings. The zero-order valence-electron chi connectivity index (χ0n) is 16.6. The molecule has 0 aliphatic carbocycles. The third kappa shape index (κ3) is 4.83. The van der Waals surface area contributed by atoms with Crippen molar-refractivity contribution in [1.82, 2.24) is 0 Å². The molecule has 0 radical (unpaired) electrons. The number of benzene rings is 3. The maximum absolute atomic E-state index is 13.8. The van der Waals surface area contributed by atoms with E-state index in [9.17, 15) is 22.0 Å². The number of carbonyl (C=O) groups excluding carboxylic acids is 1. The van der Waals surface area contributed by atoms with Gasteiger partial charge in [0.15, 0.2) is 0 Å². The summed E-state index contributed by atoms with van der Waals surface area (Å²) in [5.74, 6) is -2.42. The van der Waals surface area contributed by atoms with E-state index < -0.39 is 27.6 Å². The summed E-state index contributed by atoms with van der Waals surface area (Å²) in [6.45, 7) is 5.32. The topological polar surface area (TPSA) is 75.3 Å². The van der Waals surface area contributed by atoms with E-state index in [2.05, 4.69) is 10.0 Å². The summed E-state index contributed by atoms with van der Waals surface area (Å²) in [5, 5.41) is 2.32. The van der Waals surface area contributed by atoms with Gasteiger partial charge in [-0.15, -0.1) is 0 Å². The van der Waals surface area contributed by atoms with Crippen molar-refractivity contribution < 1.29 is 22.0 Å². The highest BCUT2D eigenvalue weighted by Crippen LogP contribution is 2.23. The fourth-order valence-electron chi connectivity index (χ4n) is 3.06. The summed E-state index contributed by atoms with van der Waals surface area (Å²) in [6.07, 6.45) is 0. The molecule has 0 aliphatic rings. The number of hydrogen-bond donors (Lipinski definition) is 2. The Labute approximate surface area is 173 Å². The second kappa shape index (κ2) is 8.23. The number of nitrogens with one attached hydrogen (secondary N) is 2. The first-order valence-corrected chi connectivity index (χ1v) is 10.5. The number of rotatable bonds is 5. The molecule has 0 aromatic heterocycles. The fourth-order valence-corrected chi connectivity index (χ4v) is 4.37. The molecular formula is C22H20F2N2O3S. The minimum Gasteiger partial charge on any atom is -0.319 e. The molecule has 5 nitrogen and oxygen atoms in total. The largest absolute Gasteiger partial charge is 0.319 e. The van der Waals surface area contributed by atoms with Crippen LogP contribution in [0.3, 0.4) is 0 Å². The number of amides is 1. The Bertz CT molecular complexity index is 1220. The van der Waals surface area contributed by atoms with E-state index in [0.29, 0.717) is 17.3 Å². The second-order valence-electron chi connectivity index (χ2n) is 7.04. The molecular weight excluding hydrogens is 410 g/mol. The quantitative estimate of drug-likeness (QED) is 0.602. The van der Waals surface area contributed by atoms with Crippen LogP contribution in [0.2, 0.25) is 0 Å². The third-order valence-corrected chi connectivity index (χ3v) is 5.92. The van der Waals surface area contributed by atoms with Gasteiger partial charge in [-0.1, -0.05) is 12.1 Å². The van der Waals surface area contributed by atoms with Crippen molar-refractivity contribution in [1.29, 1.82) is 0 Å². The molecule has 3 aromatic carbocycles. The molecule has 0 atom stereocenters. The molecule has 0 saturated heterocycles. The summed E-state index contributed by atoms with van der Waals surface area (Å²) in [5.41, 5.74) is 2.47. The summed E-state index contributed by atoms with van der Waals surface area (Å²) in [4.78, 5) is 12.4. The minimum atomic E-state index is -3.97. The molecule has 0 unspecified atom stereocenters. The predicted octanol–water partition coefficient (Wildman–Crippen LogP) is 4.94. The molecule has 3 aromatic rings. The van der Waals surface area contributed by atoms with E-state index in [-0.39, 0.29) is 16.1 Å². The highest BCUT2D eigenvalue weighted by Gasteiger charge is 2.20. The van der Waals surface area contributed by atoms with Gasteiger partial charge in [0.2, 0.25) is 0 Å². The number of halogens is 2. The molecule has 0 saturated carbocycles. The number of aryl methyl sites for hydroxylation is 3. The molecule has 0 bridgehead atoms. The molecule has 8 heteroatoms. The number of carbonyl (C=O) groups is 1. The molecule has 30 heavy (non-hydrogen) atoms. The van der Waals surface area contributed by atoms with Gasteiger partial charge in [0.05, 0.1) is 10.6 Å². The third-order valence-electron chi connectivity index (χ3n) is 4.39. The lowest BCUT2D eigenvalue weighted by Gasteiger charge is -2.13. The van der Waals surface area contributed by atoms with E-state index in [4.69, 9.17) is 0 Å². The monoisotopic (exact) mass is 430 g/mol. The molecule has 0 heterocycles. The van der Waals surface area contributed by atoms with Crippen LogP contribution in [0.4, 0.5) is 20.2 Å². The SMILES string of the molecule is Cc1cc(C)cc(NS(=O)(=O)c2cc(C(=O)Nc3ccc(F)cc3F)ccc2C)c1. The van der Waals surface area contributed by atoms with Crippen LogP contribution in [0, 0.1) is 32.4 Å². The molecule has 1 amide bonds. The average Bonchev–Trinajstić information content (AvgIpc) is 2.62. The fraction of sp³-hybridized carbons (Fsp3) is 0.136.